The van der Waals surface area contributed by atoms with Gasteiger partial charge in [-0.2, -0.15) is 0 Å². The van der Waals surface area contributed by atoms with Gasteiger partial charge in [0.2, 0.25) is 0 Å². The van der Waals surface area contributed by atoms with Crippen LogP contribution in [0.3, 0.4) is 0 Å². The van der Waals surface area contributed by atoms with Crippen molar-refractivity contribution in [3.05, 3.63) is 62.9 Å². The lowest BCUT2D eigenvalue weighted by Crippen LogP contribution is -2.56. The largest absolute Gasteiger partial charge is 0.506 e. The molecule has 2 aromatic carbocycles. The molecule has 5 nitrogen and oxygen atoms in total. The van der Waals surface area contributed by atoms with Crippen molar-refractivity contribution < 1.29 is 23.8 Å². The fraction of sp³-hybridized carbons (Fsp3) is 0.263. The van der Waals surface area contributed by atoms with E-state index < -0.39 is 29.0 Å². The van der Waals surface area contributed by atoms with Crippen molar-refractivity contribution in [2.45, 2.75) is 25.3 Å². The van der Waals surface area contributed by atoms with Crippen LogP contribution in [0.1, 0.15) is 28.4 Å². The van der Waals surface area contributed by atoms with E-state index in [1.54, 1.807) is 13.0 Å². The summed E-state index contributed by atoms with van der Waals surface area (Å²) in [6, 6.07) is 6.75. The number of fused-ring (bicyclic) bond motifs is 1. The molecule has 2 N–H and O–H groups in total. The standard InChI is InChI=1S/C19H16Cl2FNO4/c1-2-27-18(26)19(8-10-3-4-13(22)5-11(10)9-19)23-17(25)14-6-12(20)7-15(21)16(14)24/h3-7,24H,2,8-9H2,1H3,(H,23,25). The van der Waals surface area contributed by atoms with E-state index in [9.17, 15) is 19.1 Å². The maximum Gasteiger partial charge on any atom is 0.332 e. The number of hydrogen-bond acceptors (Lipinski definition) is 4. The van der Waals surface area contributed by atoms with Crippen molar-refractivity contribution in [3.63, 3.8) is 0 Å². The van der Waals surface area contributed by atoms with Gasteiger partial charge in [0.25, 0.3) is 5.91 Å². The molecule has 0 heterocycles. The van der Waals surface area contributed by atoms with Crippen LogP contribution in [-0.2, 0) is 22.4 Å². The first kappa shape index (κ1) is 19.5. The molecule has 1 aliphatic rings. The van der Waals surface area contributed by atoms with Crippen LogP contribution < -0.4 is 5.32 Å². The molecule has 0 aromatic heterocycles. The highest BCUT2D eigenvalue weighted by Crippen LogP contribution is 2.35. The molecule has 1 atom stereocenters. The number of hydrogen-bond donors (Lipinski definition) is 2. The highest BCUT2D eigenvalue weighted by atomic mass is 35.5. The molecule has 0 spiro atoms. The molecule has 1 aliphatic carbocycles. The average Bonchev–Trinajstić information content (AvgIpc) is 2.96. The second kappa shape index (κ2) is 7.37. The summed E-state index contributed by atoms with van der Waals surface area (Å²) in [7, 11) is 0. The molecule has 0 aliphatic heterocycles. The Morgan fingerprint density at radius 2 is 1.93 bits per heavy atom. The summed E-state index contributed by atoms with van der Waals surface area (Å²) in [4.78, 5) is 25.4. The Kier molecular flexibility index (Phi) is 5.31. The Bertz CT molecular complexity index is 934. The topological polar surface area (TPSA) is 75.6 Å². The molecule has 142 valence electrons. The van der Waals surface area contributed by atoms with Crippen LogP contribution in [0.5, 0.6) is 5.75 Å². The zero-order valence-corrected chi connectivity index (χ0v) is 15.8. The van der Waals surface area contributed by atoms with Crippen molar-refractivity contribution >= 4 is 35.1 Å². The summed E-state index contributed by atoms with van der Waals surface area (Å²) >= 11 is 11.8. The van der Waals surface area contributed by atoms with Crippen molar-refractivity contribution in [3.8, 4) is 5.75 Å². The zero-order valence-electron chi connectivity index (χ0n) is 14.3. The second-order valence-corrected chi connectivity index (χ2v) is 7.15. The molecule has 2 aromatic rings. The number of nitrogens with one attached hydrogen (secondary N) is 1. The van der Waals surface area contributed by atoms with Gasteiger partial charge in [0.15, 0.2) is 0 Å². The van der Waals surface area contributed by atoms with E-state index in [1.165, 1.54) is 24.3 Å². The number of ether oxygens (including phenoxy) is 1. The summed E-state index contributed by atoms with van der Waals surface area (Å²) in [5, 5.41) is 12.8. The smallest absolute Gasteiger partial charge is 0.332 e. The number of phenols is 1. The lowest BCUT2D eigenvalue weighted by atomic mass is 9.95. The van der Waals surface area contributed by atoms with E-state index in [-0.39, 0.29) is 35.1 Å². The molecule has 27 heavy (non-hydrogen) atoms. The Morgan fingerprint density at radius 1 is 1.22 bits per heavy atom. The number of benzene rings is 2. The van der Waals surface area contributed by atoms with Gasteiger partial charge in [0.1, 0.15) is 17.1 Å². The van der Waals surface area contributed by atoms with Crippen LogP contribution in [0.4, 0.5) is 4.39 Å². The number of esters is 1. The molecule has 1 amide bonds. The lowest BCUT2D eigenvalue weighted by molar-refractivity contribution is -0.150. The summed E-state index contributed by atoms with van der Waals surface area (Å²) < 4.78 is 18.7. The minimum atomic E-state index is -1.41. The van der Waals surface area contributed by atoms with E-state index >= 15 is 0 Å². The van der Waals surface area contributed by atoms with Crippen LogP contribution in [0.2, 0.25) is 10.0 Å². The van der Waals surface area contributed by atoms with Crippen molar-refractivity contribution in [1.29, 1.82) is 0 Å². The fourth-order valence-corrected chi connectivity index (χ4v) is 3.71. The third-order valence-electron chi connectivity index (χ3n) is 4.44. The number of halogens is 3. The number of phenolic OH excluding ortho intramolecular Hbond substituents is 1. The molecule has 0 radical (unpaired) electrons. The van der Waals surface area contributed by atoms with Gasteiger partial charge in [-0.1, -0.05) is 29.3 Å². The molecule has 1 unspecified atom stereocenters. The number of amides is 1. The molecule has 0 fully saturated rings. The lowest BCUT2D eigenvalue weighted by Gasteiger charge is -2.28. The SMILES string of the molecule is CCOC(=O)C1(NC(=O)c2cc(Cl)cc(Cl)c2O)Cc2ccc(F)cc2C1. The van der Waals surface area contributed by atoms with Gasteiger partial charge in [-0.15, -0.1) is 0 Å². The molecule has 0 saturated carbocycles. The van der Waals surface area contributed by atoms with Gasteiger partial charge in [-0.25, -0.2) is 9.18 Å². The molecular formula is C19H16Cl2FNO4. The van der Waals surface area contributed by atoms with E-state index in [4.69, 9.17) is 27.9 Å². The number of carbonyl (C=O) groups excluding carboxylic acids is 2. The van der Waals surface area contributed by atoms with Gasteiger partial charge >= 0.3 is 5.97 Å². The zero-order chi connectivity index (χ0) is 19.8. The van der Waals surface area contributed by atoms with Crippen molar-refractivity contribution in [2.24, 2.45) is 0 Å². The molecular weight excluding hydrogens is 396 g/mol. The summed E-state index contributed by atoms with van der Waals surface area (Å²) in [5.41, 5.74) is -0.238. The second-order valence-electron chi connectivity index (χ2n) is 6.31. The maximum atomic E-state index is 13.6. The van der Waals surface area contributed by atoms with Gasteiger partial charge < -0.3 is 15.2 Å². The third-order valence-corrected chi connectivity index (χ3v) is 4.95. The van der Waals surface area contributed by atoms with Gasteiger partial charge in [0.05, 0.1) is 17.2 Å². The summed E-state index contributed by atoms with van der Waals surface area (Å²) in [6.07, 6.45) is 0.210. The van der Waals surface area contributed by atoms with Crippen LogP contribution in [0.15, 0.2) is 30.3 Å². The fourth-order valence-electron chi connectivity index (χ4n) is 3.22. The predicted octanol–water partition coefficient (Wildman–Crippen LogP) is 3.67. The first-order valence-corrected chi connectivity index (χ1v) is 8.96. The molecule has 0 saturated heterocycles. The quantitative estimate of drug-likeness (QED) is 0.752. The summed E-state index contributed by atoms with van der Waals surface area (Å²) in [5.74, 6) is -2.25. The minimum Gasteiger partial charge on any atom is -0.506 e. The molecule has 8 heteroatoms. The van der Waals surface area contributed by atoms with Crippen LogP contribution >= 0.6 is 23.2 Å². The monoisotopic (exact) mass is 411 g/mol. The predicted molar refractivity (Wildman–Crippen MR) is 98.8 cm³/mol. The first-order valence-electron chi connectivity index (χ1n) is 8.21. The minimum absolute atomic E-state index is 0.0692. The van der Waals surface area contributed by atoms with Gasteiger partial charge in [-0.05, 0) is 42.3 Å². The Balaban J connectivity index is 1.97. The molecule has 3 rings (SSSR count). The number of carbonyl (C=O) groups is 2. The van der Waals surface area contributed by atoms with Crippen molar-refractivity contribution in [1.82, 2.24) is 5.32 Å². The van der Waals surface area contributed by atoms with Crippen LogP contribution in [-0.4, -0.2) is 29.1 Å². The third kappa shape index (κ3) is 3.73. The maximum absolute atomic E-state index is 13.6. The van der Waals surface area contributed by atoms with Crippen LogP contribution in [0, 0.1) is 5.82 Å². The number of rotatable bonds is 4. The highest BCUT2D eigenvalue weighted by molar-refractivity contribution is 6.36. The Hall–Kier alpha value is -2.31. The average molecular weight is 412 g/mol. The molecule has 0 bridgehead atoms. The normalized spacial score (nSPS) is 18.1. The Morgan fingerprint density at radius 3 is 2.63 bits per heavy atom. The summed E-state index contributed by atoms with van der Waals surface area (Å²) in [6.45, 7) is 1.77. The van der Waals surface area contributed by atoms with E-state index in [0.29, 0.717) is 5.56 Å². The Labute approximate surface area is 165 Å². The highest BCUT2D eigenvalue weighted by Gasteiger charge is 2.47. The number of aromatic hydroxyl groups is 1. The first-order chi connectivity index (χ1) is 12.8. The van der Waals surface area contributed by atoms with E-state index in [1.807, 2.05) is 0 Å². The van der Waals surface area contributed by atoms with E-state index in [2.05, 4.69) is 5.32 Å². The van der Waals surface area contributed by atoms with E-state index in [0.717, 1.165) is 5.56 Å². The van der Waals surface area contributed by atoms with Crippen molar-refractivity contribution in [2.75, 3.05) is 6.61 Å². The van der Waals surface area contributed by atoms with Gasteiger partial charge in [-0.3, -0.25) is 4.79 Å². The van der Waals surface area contributed by atoms with Gasteiger partial charge in [0, 0.05) is 17.9 Å². The van der Waals surface area contributed by atoms with Crippen LogP contribution in [0.25, 0.3) is 0 Å².